The Hall–Kier alpha value is -2.08. The smallest absolute Gasteiger partial charge is 0.242 e. The van der Waals surface area contributed by atoms with Gasteiger partial charge >= 0.3 is 0 Å². The first kappa shape index (κ1) is 15.3. The van der Waals surface area contributed by atoms with Crippen molar-refractivity contribution in [2.24, 2.45) is 0 Å². The third-order valence-electron chi connectivity index (χ3n) is 3.61. The van der Waals surface area contributed by atoms with E-state index in [-0.39, 0.29) is 31.4 Å². The first-order valence-electron chi connectivity index (χ1n) is 6.76. The Labute approximate surface area is 123 Å². The van der Waals surface area contributed by atoms with Gasteiger partial charge in [-0.2, -0.15) is 0 Å². The molecule has 1 fully saturated rings. The number of rotatable bonds is 4. The van der Waals surface area contributed by atoms with Gasteiger partial charge in [0.05, 0.1) is 26.7 Å². The highest BCUT2D eigenvalue weighted by atomic mass is 16.5. The molecule has 1 N–H and O–H groups in total. The molecule has 1 atom stereocenters. The molecule has 0 radical (unpaired) electrons. The SMILES string of the molecule is COc1ccc(C)cc1C(O)CN1CC(=O)N(C)CC1=O. The number of carbonyl (C=O) groups is 2. The quantitative estimate of drug-likeness (QED) is 0.868. The van der Waals surface area contributed by atoms with Gasteiger partial charge in [0.1, 0.15) is 11.9 Å². The summed E-state index contributed by atoms with van der Waals surface area (Å²) in [5.41, 5.74) is 1.61. The van der Waals surface area contributed by atoms with Crippen molar-refractivity contribution in [2.45, 2.75) is 13.0 Å². The molecule has 1 aromatic rings. The fourth-order valence-electron chi connectivity index (χ4n) is 2.35. The van der Waals surface area contributed by atoms with Crippen LogP contribution in [0.3, 0.4) is 0 Å². The van der Waals surface area contributed by atoms with Crippen LogP contribution in [-0.4, -0.2) is 60.5 Å². The van der Waals surface area contributed by atoms with Crippen LogP contribution in [0.1, 0.15) is 17.2 Å². The zero-order valence-electron chi connectivity index (χ0n) is 12.5. The van der Waals surface area contributed by atoms with Crippen molar-refractivity contribution in [3.63, 3.8) is 0 Å². The Morgan fingerprint density at radius 2 is 2.00 bits per heavy atom. The largest absolute Gasteiger partial charge is 0.496 e. The number of hydrogen-bond donors (Lipinski definition) is 1. The summed E-state index contributed by atoms with van der Waals surface area (Å²) in [5, 5.41) is 10.4. The Morgan fingerprint density at radius 1 is 1.29 bits per heavy atom. The number of aliphatic hydroxyl groups excluding tert-OH is 1. The van der Waals surface area contributed by atoms with Gasteiger partial charge in [-0.25, -0.2) is 0 Å². The Balaban J connectivity index is 2.14. The number of methoxy groups -OCH3 is 1. The number of likely N-dealkylation sites (N-methyl/N-ethyl adjacent to an activating group) is 1. The number of piperazine rings is 1. The van der Waals surface area contributed by atoms with Crippen LogP contribution in [0.15, 0.2) is 18.2 Å². The molecular weight excluding hydrogens is 272 g/mol. The normalized spacial score (nSPS) is 17.1. The van der Waals surface area contributed by atoms with Crippen molar-refractivity contribution in [3.05, 3.63) is 29.3 Å². The monoisotopic (exact) mass is 292 g/mol. The molecule has 0 aromatic heterocycles. The predicted molar refractivity (Wildman–Crippen MR) is 76.9 cm³/mol. The fraction of sp³-hybridized carbons (Fsp3) is 0.467. The lowest BCUT2D eigenvalue weighted by Gasteiger charge is -2.33. The van der Waals surface area contributed by atoms with Crippen molar-refractivity contribution in [1.82, 2.24) is 9.80 Å². The number of benzene rings is 1. The maximum absolute atomic E-state index is 11.9. The molecule has 6 heteroatoms. The number of aliphatic hydroxyl groups is 1. The molecule has 1 aliphatic rings. The van der Waals surface area contributed by atoms with Gasteiger partial charge in [0.2, 0.25) is 11.8 Å². The van der Waals surface area contributed by atoms with Crippen LogP contribution in [0.5, 0.6) is 5.75 Å². The molecule has 6 nitrogen and oxygen atoms in total. The first-order chi connectivity index (χ1) is 9.92. The number of ether oxygens (including phenoxy) is 1. The topological polar surface area (TPSA) is 70.1 Å². The minimum Gasteiger partial charge on any atom is -0.496 e. The van der Waals surface area contributed by atoms with Crippen molar-refractivity contribution in [3.8, 4) is 5.75 Å². The van der Waals surface area contributed by atoms with Gasteiger partial charge in [0, 0.05) is 12.6 Å². The third kappa shape index (κ3) is 3.33. The van der Waals surface area contributed by atoms with Crippen LogP contribution in [0.2, 0.25) is 0 Å². The van der Waals surface area contributed by atoms with Crippen LogP contribution < -0.4 is 4.74 Å². The van der Waals surface area contributed by atoms with E-state index in [1.54, 1.807) is 13.1 Å². The van der Waals surface area contributed by atoms with Crippen LogP contribution in [0.4, 0.5) is 0 Å². The van der Waals surface area contributed by atoms with Gasteiger partial charge in [-0.1, -0.05) is 11.6 Å². The highest BCUT2D eigenvalue weighted by molar-refractivity contribution is 5.92. The maximum Gasteiger partial charge on any atom is 0.242 e. The molecule has 0 aliphatic carbocycles. The lowest BCUT2D eigenvalue weighted by atomic mass is 10.0. The number of hydrogen-bond acceptors (Lipinski definition) is 4. The van der Waals surface area contributed by atoms with Crippen LogP contribution >= 0.6 is 0 Å². The Bertz CT molecular complexity index is 559. The number of nitrogens with zero attached hydrogens (tertiary/aromatic N) is 2. The molecule has 1 aliphatic heterocycles. The van der Waals surface area contributed by atoms with E-state index < -0.39 is 6.10 Å². The van der Waals surface area contributed by atoms with E-state index >= 15 is 0 Å². The average molecular weight is 292 g/mol. The molecule has 1 saturated heterocycles. The lowest BCUT2D eigenvalue weighted by Crippen LogP contribution is -2.53. The summed E-state index contributed by atoms with van der Waals surface area (Å²) < 4.78 is 5.24. The summed E-state index contributed by atoms with van der Waals surface area (Å²) in [6.45, 7) is 2.05. The molecule has 0 bridgehead atoms. The van der Waals surface area contributed by atoms with Crippen LogP contribution in [-0.2, 0) is 9.59 Å². The summed E-state index contributed by atoms with van der Waals surface area (Å²) in [6, 6.07) is 5.50. The summed E-state index contributed by atoms with van der Waals surface area (Å²) in [6.07, 6.45) is -0.889. The van der Waals surface area contributed by atoms with E-state index in [9.17, 15) is 14.7 Å². The maximum atomic E-state index is 11.9. The highest BCUT2D eigenvalue weighted by Gasteiger charge is 2.29. The number of carbonyl (C=O) groups excluding carboxylic acids is 2. The fourth-order valence-corrected chi connectivity index (χ4v) is 2.35. The van der Waals surface area contributed by atoms with Crippen LogP contribution in [0.25, 0.3) is 0 Å². The summed E-state index contributed by atoms with van der Waals surface area (Å²) in [7, 11) is 3.13. The number of β-amino-alcohol motifs (C(OH)–C–C–N with tert-alkyl or cyclic N) is 1. The van der Waals surface area contributed by atoms with Crippen molar-refractivity contribution in [2.75, 3.05) is 33.8 Å². The number of amides is 2. The van der Waals surface area contributed by atoms with E-state index in [2.05, 4.69) is 0 Å². The van der Waals surface area contributed by atoms with E-state index in [1.807, 2.05) is 19.1 Å². The molecule has 0 spiro atoms. The van der Waals surface area contributed by atoms with Gasteiger partial charge in [-0.3, -0.25) is 9.59 Å². The second-order valence-electron chi connectivity index (χ2n) is 5.29. The Kier molecular flexibility index (Phi) is 4.47. The second kappa shape index (κ2) is 6.13. The van der Waals surface area contributed by atoms with Crippen molar-refractivity contribution >= 4 is 11.8 Å². The minimum atomic E-state index is -0.889. The molecule has 1 heterocycles. The van der Waals surface area contributed by atoms with Crippen molar-refractivity contribution in [1.29, 1.82) is 0 Å². The summed E-state index contributed by atoms with van der Waals surface area (Å²) in [4.78, 5) is 26.4. The molecule has 1 unspecified atom stereocenters. The Morgan fingerprint density at radius 3 is 2.67 bits per heavy atom. The van der Waals surface area contributed by atoms with Crippen LogP contribution in [0, 0.1) is 6.92 Å². The average Bonchev–Trinajstić information content (AvgIpc) is 2.44. The van der Waals surface area contributed by atoms with Gasteiger partial charge in [-0.15, -0.1) is 0 Å². The zero-order chi connectivity index (χ0) is 15.6. The van der Waals surface area contributed by atoms with Gasteiger partial charge < -0.3 is 19.6 Å². The molecular formula is C15H20N2O4. The first-order valence-corrected chi connectivity index (χ1v) is 6.76. The van der Waals surface area contributed by atoms with E-state index in [1.165, 1.54) is 16.9 Å². The third-order valence-corrected chi connectivity index (χ3v) is 3.61. The molecule has 21 heavy (non-hydrogen) atoms. The molecule has 0 saturated carbocycles. The zero-order valence-corrected chi connectivity index (χ0v) is 12.5. The second-order valence-corrected chi connectivity index (χ2v) is 5.29. The van der Waals surface area contributed by atoms with Crippen molar-refractivity contribution < 1.29 is 19.4 Å². The molecule has 114 valence electrons. The molecule has 2 rings (SSSR count). The predicted octanol–water partition coefficient (Wildman–Crippen LogP) is 0.338. The highest BCUT2D eigenvalue weighted by Crippen LogP contribution is 2.27. The van der Waals surface area contributed by atoms with Gasteiger partial charge in [0.25, 0.3) is 0 Å². The minimum absolute atomic E-state index is 0.000520. The summed E-state index contributed by atoms with van der Waals surface area (Å²) in [5.74, 6) is 0.279. The number of aryl methyl sites for hydroxylation is 1. The van der Waals surface area contributed by atoms with Gasteiger partial charge in [-0.05, 0) is 19.1 Å². The van der Waals surface area contributed by atoms with E-state index in [4.69, 9.17) is 4.74 Å². The summed E-state index contributed by atoms with van der Waals surface area (Å²) >= 11 is 0. The standard InChI is InChI=1S/C15H20N2O4/c1-10-4-5-13(21-3)11(6-10)12(18)7-17-9-14(19)16(2)8-15(17)20/h4-6,12,18H,7-9H2,1-3H3. The molecule has 1 aromatic carbocycles. The van der Waals surface area contributed by atoms with E-state index in [0.29, 0.717) is 11.3 Å². The van der Waals surface area contributed by atoms with E-state index in [0.717, 1.165) is 5.56 Å². The molecule has 2 amide bonds. The van der Waals surface area contributed by atoms with Gasteiger partial charge in [0.15, 0.2) is 0 Å². The lowest BCUT2D eigenvalue weighted by molar-refractivity contribution is -0.150.